The van der Waals surface area contributed by atoms with Gasteiger partial charge in [0, 0.05) is 24.7 Å². The molecule has 2 heterocycles. The number of aryl methyl sites for hydroxylation is 2. The van der Waals surface area contributed by atoms with E-state index in [2.05, 4.69) is 23.2 Å². The molecule has 0 radical (unpaired) electrons. The summed E-state index contributed by atoms with van der Waals surface area (Å²) in [5, 5.41) is 0.759. The standard InChI is InChI=1S/C20H19N3O3S2/c1-14-7-8-15(2)17(13-14)22-10-9-21-20(22)27-12-11-23-19(24)16-5-3-4-6-18(16)28(23,25)26/h3-10,13H,11-12H2,1-2H3. The predicted molar refractivity (Wildman–Crippen MR) is 108 cm³/mol. The maximum Gasteiger partial charge on any atom is 0.269 e. The number of fused-ring (bicyclic) bond motifs is 1. The monoisotopic (exact) mass is 413 g/mol. The average Bonchev–Trinajstić information content (AvgIpc) is 3.21. The number of carbonyl (C=O) groups excluding carboxylic acids is 1. The van der Waals surface area contributed by atoms with Crippen molar-refractivity contribution in [2.75, 3.05) is 12.3 Å². The fourth-order valence-corrected chi connectivity index (χ4v) is 5.81. The molecule has 3 aromatic rings. The van der Waals surface area contributed by atoms with E-state index in [4.69, 9.17) is 0 Å². The number of rotatable bonds is 5. The molecule has 0 spiro atoms. The molecular weight excluding hydrogens is 394 g/mol. The largest absolute Gasteiger partial charge is 0.295 e. The third-order valence-corrected chi connectivity index (χ3v) is 7.46. The Labute approximate surface area is 168 Å². The molecule has 1 aliphatic rings. The molecule has 0 N–H and O–H groups in total. The number of nitrogens with zero attached hydrogens (tertiary/aromatic N) is 3. The SMILES string of the molecule is Cc1ccc(C)c(-n2ccnc2SCCN2C(=O)c3ccccc3S2(=O)=O)c1. The summed E-state index contributed by atoms with van der Waals surface area (Å²) in [6, 6.07) is 12.5. The minimum Gasteiger partial charge on any atom is -0.295 e. The Balaban J connectivity index is 1.51. The van der Waals surface area contributed by atoms with E-state index in [9.17, 15) is 13.2 Å². The highest BCUT2D eigenvalue weighted by Crippen LogP contribution is 2.31. The van der Waals surface area contributed by atoms with E-state index in [1.165, 1.54) is 17.8 Å². The van der Waals surface area contributed by atoms with Gasteiger partial charge in [0.05, 0.1) is 11.3 Å². The second kappa shape index (κ2) is 7.10. The van der Waals surface area contributed by atoms with E-state index in [1.807, 2.05) is 24.6 Å². The molecule has 0 unspecified atom stereocenters. The molecule has 0 bridgehead atoms. The van der Waals surface area contributed by atoms with Crippen molar-refractivity contribution in [2.45, 2.75) is 23.9 Å². The highest BCUT2D eigenvalue weighted by Gasteiger charge is 2.40. The summed E-state index contributed by atoms with van der Waals surface area (Å²) < 4.78 is 28.2. The van der Waals surface area contributed by atoms with Gasteiger partial charge in [-0.25, -0.2) is 17.7 Å². The molecule has 0 saturated heterocycles. The molecule has 1 aliphatic heterocycles. The van der Waals surface area contributed by atoms with Gasteiger partial charge in [0.2, 0.25) is 0 Å². The number of imidazole rings is 1. The molecule has 8 heteroatoms. The topological polar surface area (TPSA) is 72.3 Å². The lowest BCUT2D eigenvalue weighted by molar-refractivity contribution is 0.0876. The van der Waals surface area contributed by atoms with Crippen molar-refractivity contribution in [3.05, 3.63) is 71.5 Å². The summed E-state index contributed by atoms with van der Waals surface area (Å²) in [5.41, 5.74) is 3.55. The van der Waals surface area contributed by atoms with E-state index in [1.54, 1.807) is 24.4 Å². The first-order valence-electron chi connectivity index (χ1n) is 8.79. The van der Waals surface area contributed by atoms with Crippen LogP contribution < -0.4 is 0 Å². The van der Waals surface area contributed by atoms with Gasteiger partial charge in [0.15, 0.2) is 5.16 Å². The molecule has 0 aliphatic carbocycles. The van der Waals surface area contributed by atoms with Crippen LogP contribution in [-0.2, 0) is 10.0 Å². The van der Waals surface area contributed by atoms with Crippen LogP contribution in [0.3, 0.4) is 0 Å². The van der Waals surface area contributed by atoms with Gasteiger partial charge < -0.3 is 0 Å². The summed E-state index contributed by atoms with van der Waals surface area (Å²) in [5.74, 6) is -0.0463. The second-order valence-corrected chi connectivity index (χ2v) is 9.49. The van der Waals surface area contributed by atoms with E-state index in [-0.39, 0.29) is 17.0 Å². The Morgan fingerprint density at radius 2 is 1.89 bits per heavy atom. The highest BCUT2D eigenvalue weighted by atomic mass is 32.2. The maximum absolute atomic E-state index is 12.6. The van der Waals surface area contributed by atoms with E-state index in [0.29, 0.717) is 5.75 Å². The smallest absolute Gasteiger partial charge is 0.269 e. The predicted octanol–water partition coefficient (Wildman–Crippen LogP) is 3.43. The van der Waals surface area contributed by atoms with Gasteiger partial charge in [0.1, 0.15) is 4.90 Å². The van der Waals surface area contributed by atoms with Crippen LogP contribution in [0.15, 0.2) is 64.9 Å². The van der Waals surface area contributed by atoms with E-state index >= 15 is 0 Å². The van der Waals surface area contributed by atoms with Crippen LogP contribution in [0, 0.1) is 13.8 Å². The Bertz CT molecular complexity index is 1170. The molecule has 144 valence electrons. The Morgan fingerprint density at radius 1 is 1.11 bits per heavy atom. The highest BCUT2D eigenvalue weighted by molar-refractivity contribution is 7.99. The first kappa shape index (κ1) is 18.8. The number of carbonyl (C=O) groups is 1. The first-order valence-corrected chi connectivity index (χ1v) is 11.2. The Morgan fingerprint density at radius 3 is 2.68 bits per heavy atom. The van der Waals surface area contributed by atoms with Crippen LogP contribution in [0.25, 0.3) is 5.69 Å². The average molecular weight is 414 g/mol. The summed E-state index contributed by atoms with van der Waals surface area (Å²) >= 11 is 1.42. The number of sulfonamides is 1. The normalized spacial score (nSPS) is 15.1. The fraction of sp³-hybridized carbons (Fsp3) is 0.200. The Kier molecular flexibility index (Phi) is 4.76. The van der Waals surface area contributed by atoms with Crippen LogP contribution in [0.2, 0.25) is 0 Å². The van der Waals surface area contributed by atoms with Gasteiger partial charge in [-0.15, -0.1) is 0 Å². The van der Waals surface area contributed by atoms with Gasteiger partial charge >= 0.3 is 0 Å². The summed E-state index contributed by atoms with van der Waals surface area (Å²) in [6.45, 7) is 4.17. The molecule has 2 aromatic carbocycles. The van der Waals surface area contributed by atoms with Gasteiger partial charge in [-0.3, -0.25) is 9.36 Å². The van der Waals surface area contributed by atoms with Crippen LogP contribution in [0.4, 0.5) is 0 Å². The molecule has 0 atom stereocenters. The molecule has 28 heavy (non-hydrogen) atoms. The van der Waals surface area contributed by atoms with Crippen molar-refractivity contribution < 1.29 is 13.2 Å². The van der Waals surface area contributed by atoms with Crippen molar-refractivity contribution in [1.29, 1.82) is 0 Å². The van der Waals surface area contributed by atoms with Crippen molar-refractivity contribution in [3.63, 3.8) is 0 Å². The van der Waals surface area contributed by atoms with Crippen LogP contribution in [0.1, 0.15) is 21.5 Å². The quantitative estimate of drug-likeness (QED) is 0.599. The van der Waals surface area contributed by atoms with Crippen molar-refractivity contribution in [3.8, 4) is 5.69 Å². The number of hydrogen-bond donors (Lipinski definition) is 0. The number of thioether (sulfide) groups is 1. The van der Waals surface area contributed by atoms with Crippen LogP contribution in [0.5, 0.6) is 0 Å². The fourth-order valence-electron chi connectivity index (χ4n) is 3.23. The van der Waals surface area contributed by atoms with Gasteiger partial charge in [0.25, 0.3) is 15.9 Å². The zero-order valence-electron chi connectivity index (χ0n) is 15.5. The third-order valence-electron chi connectivity index (χ3n) is 4.67. The van der Waals surface area contributed by atoms with Crippen molar-refractivity contribution >= 4 is 27.7 Å². The van der Waals surface area contributed by atoms with Crippen LogP contribution >= 0.6 is 11.8 Å². The number of amides is 1. The van der Waals surface area contributed by atoms with Gasteiger partial charge in [-0.2, -0.15) is 0 Å². The van der Waals surface area contributed by atoms with E-state index < -0.39 is 15.9 Å². The lowest BCUT2D eigenvalue weighted by Crippen LogP contribution is -2.32. The lowest BCUT2D eigenvalue weighted by atomic mass is 10.1. The van der Waals surface area contributed by atoms with Crippen LogP contribution in [-0.4, -0.2) is 40.5 Å². The molecule has 6 nitrogen and oxygen atoms in total. The summed E-state index contributed by atoms with van der Waals surface area (Å²) in [7, 11) is -3.77. The summed E-state index contributed by atoms with van der Waals surface area (Å²) in [6.07, 6.45) is 3.61. The molecular formula is C20H19N3O3S2. The lowest BCUT2D eigenvalue weighted by Gasteiger charge is -2.15. The maximum atomic E-state index is 12.6. The number of aromatic nitrogens is 2. The number of benzene rings is 2. The number of hydrogen-bond acceptors (Lipinski definition) is 5. The van der Waals surface area contributed by atoms with Crippen molar-refractivity contribution in [1.82, 2.24) is 13.9 Å². The second-order valence-electron chi connectivity index (χ2n) is 6.60. The van der Waals surface area contributed by atoms with Gasteiger partial charge in [-0.05, 0) is 43.2 Å². The third kappa shape index (κ3) is 3.12. The zero-order valence-corrected chi connectivity index (χ0v) is 17.1. The Hall–Kier alpha value is -2.58. The minimum atomic E-state index is -3.77. The molecule has 4 rings (SSSR count). The minimum absolute atomic E-state index is 0.0851. The molecule has 0 saturated carbocycles. The zero-order chi connectivity index (χ0) is 19.9. The molecule has 1 aromatic heterocycles. The molecule has 0 fully saturated rings. The summed E-state index contributed by atoms with van der Waals surface area (Å²) in [4.78, 5) is 17.0. The molecule has 1 amide bonds. The van der Waals surface area contributed by atoms with E-state index in [0.717, 1.165) is 26.3 Å². The van der Waals surface area contributed by atoms with Crippen molar-refractivity contribution in [2.24, 2.45) is 0 Å². The first-order chi connectivity index (χ1) is 13.4. The van der Waals surface area contributed by atoms with Gasteiger partial charge in [-0.1, -0.05) is 36.0 Å².